The second kappa shape index (κ2) is 5.61. The number of nitrogens with two attached hydrogens (primary N) is 1. The van der Waals surface area contributed by atoms with Crippen molar-refractivity contribution in [1.29, 1.82) is 0 Å². The number of alkyl halides is 3. The van der Waals surface area contributed by atoms with Gasteiger partial charge in [0.15, 0.2) is 0 Å². The van der Waals surface area contributed by atoms with Crippen LogP contribution in [0.4, 0.5) is 13.2 Å². The third-order valence-corrected chi connectivity index (χ3v) is 4.09. The van der Waals surface area contributed by atoms with Crippen LogP contribution in [0.5, 0.6) is 0 Å². The number of piperidine rings is 1. The molecule has 5 heteroatoms. The summed E-state index contributed by atoms with van der Waals surface area (Å²) in [7, 11) is 0. The van der Waals surface area contributed by atoms with Gasteiger partial charge in [0, 0.05) is 11.6 Å². The van der Waals surface area contributed by atoms with Crippen LogP contribution in [0.1, 0.15) is 50.8 Å². The molecule has 0 aliphatic carbocycles. The van der Waals surface area contributed by atoms with Crippen molar-refractivity contribution in [3.05, 3.63) is 35.4 Å². The predicted molar refractivity (Wildman–Crippen MR) is 77.9 cm³/mol. The number of nitrogens with zero attached hydrogens (tertiary/aromatic N) is 1. The maximum absolute atomic E-state index is 12.9. The number of halogens is 3. The van der Waals surface area contributed by atoms with Crippen molar-refractivity contribution >= 4 is 0 Å². The third-order valence-electron chi connectivity index (χ3n) is 4.09. The minimum atomic E-state index is -4.32. The topological polar surface area (TPSA) is 29.3 Å². The van der Waals surface area contributed by atoms with E-state index >= 15 is 0 Å². The Balaban J connectivity index is 2.41. The van der Waals surface area contributed by atoms with E-state index in [1.54, 1.807) is 6.07 Å². The van der Waals surface area contributed by atoms with Crippen LogP contribution < -0.4 is 5.73 Å². The fourth-order valence-corrected chi connectivity index (χ4v) is 3.10. The van der Waals surface area contributed by atoms with E-state index in [0.29, 0.717) is 5.56 Å². The zero-order valence-corrected chi connectivity index (χ0v) is 12.7. The number of hydrogen-bond acceptors (Lipinski definition) is 2. The molecule has 118 valence electrons. The summed E-state index contributed by atoms with van der Waals surface area (Å²) in [5.41, 5.74) is 6.16. The molecule has 0 amide bonds. The number of hydrogen-bond donors (Lipinski definition) is 1. The summed E-state index contributed by atoms with van der Waals surface area (Å²) < 4.78 is 38.8. The van der Waals surface area contributed by atoms with Crippen molar-refractivity contribution in [3.63, 3.8) is 0 Å². The van der Waals surface area contributed by atoms with Crippen LogP contribution in [0.15, 0.2) is 24.3 Å². The first-order valence-corrected chi connectivity index (χ1v) is 7.30. The SMILES string of the molecule is CC(C)(C)N1CCCC(N)C1c1cccc(C(F)(F)F)c1. The molecule has 0 radical (unpaired) electrons. The summed E-state index contributed by atoms with van der Waals surface area (Å²) in [5.74, 6) is 0. The summed E-state index contributed by atoms with van der Waals surface area (Å²) in [6.07, 6.45) is -2.50. The van der Waals surface area contributed by atoms with Gasteiger partial charge < -0.3 is 5.73 Å². The lowest BCUT2D eigenvalue weighted by molar-refractivity contribution is -0.137. The molecule has 0 saturated carbocycles. The molecule has 0 aromatic heterocycles. The Labute approximate surface area is 124 Å². The quantitative estimate of drug-likeness (QED) is 0.850. The van der Waals surface area contributed by atoms with E-state index < -0.39 is 11.7 Å². The van der Waals surface area contributed by atoms with Gasteiger partial charge in [0.25, 0.3) is 0 Å². The molecule has 2 unspecified atom stereocenters. The Morgan fingerprint density at radius 3 is 2.43 bits per heavy atom. The van der Waals surface area contributed by atoms with Gasteiger partial charge in [-0.15, -0.1) is 0 Å². The van der Waals surface area contributed by atoms with Crippen LogP contribution >= 0.6 is 0 Å². The lowest BCUT2D eigenvalue weighted by Gasteiger charge is -2.47. The lowest BCUT2D eigenvalue weighted by Crippen LogP contribution is -2.53. The van der Waals surface area contributed by atoms with Crippen molar-refractivity contribution < 1.29 is 13.2 Å². The van der Waals surface area contributed by atoms with Gasteiger partial charge >= 0.3 is 6.18 Å². The molecule has 2 nitrogen and oxygen atoms in total. The fourth-order valence-electron chi connectivity index (χ4n) is 3.10. The highest BCUT2D eigenvalue weighted by atomic mass is 19.4. The van der Waals surface area contributed by atoms with Crippen LogP contribution in [0.2, 0.25) is 0 Å². The van der Waals surface area contributed by atoms with Crippen LogP contribution in [0.3, 0.4) is 0 Å². The van der Waals surface area contributed by atoms with E-state index in [1.807, 2.05) is 0 Å². The van der Waals surface area contributed by atoms with E-state index in [0.717, 1.165) is 25.5 Å². The van der Waals surface area contributed by atoms with Crippen LogP contribution in [0.25, 0.3) is 0 Å². The number of rotatable bonds is 1. The van der Waals surface area contributed by atoms with Gasteiger partial charge in [-0.1, -0.05) is 12.1 Å². The third kappa shape index (κ3) is 3.58. The Hall–Kier alpha value is -1.07. The highest BCUT2D eigenvalue weighted by Gasteiger charge is 2.38. The minimum Gasteiger partial charge on any atom is -0.326 e. The maximum atomic E-state index is 12.9. The van der Waals surface area contributed by atoms with Crippen molar-refractivity contribution in [2.24, 2.45) is 5.73 Å². The molecule has 21 heavy (non-hydrogen) atoms. The zero-order chi connectivity index (χ0) is 15.8. The highest BCUT2D eigenvalue weighted by molar-refractivity contribution is 5.29. The first-order chi connectivity index (χ1) is 9.60. The summed E-state index contributed by atoms with van der Waals surface area (Å²) in [6, 6.07) is 5.28. The second-order valence-electron chi connectivity index (χ2n) is 6.74. The molecule has 1 aromatic rings. The molecule has 1 saturated heterocycles. The van der Waals surface area contributed by atoms with Gasteiger partial charge in [0.05, 0.1) is 11.6 Å². The van der Waals surface area contributed by atoms with Crippen LogP contribution in [0, 0.1) is 0 Å². The Morgan fingerprint density at radius 1 is 1.19 bits per heavy atom. The lowest BCUT2D eigenvalue weighted by atomic mass is 9.86. The first-order valence-electron chi connectivity index (χ1n) is 7.30. The monoisotopic (exact) mass is 300 g/mol. The summed E-state index contributed by atoms with van der Waals surface area (Å²) in [4.78, 5) is 2.22. The van der Waals surface area contributed by atoms with E-state index in [4.69, 9.17) is 5.73 Å². The van der Waals surface area contributed by atoms with E-state index in [1.165, 1.54) is 12.1 Å². The van der Waals surface area contributed by atoms with Gasteiger partial charge in [-0.05, 0) is 57.9 Å². The van der Waals surface area contributed by atoms with Crippen molar-refractivity contribution in [2.75, 3.05) is 6.54 Å². The van der Waals surface area contributed by atoms with Crippen LogP contribution in [-0.4, -0.2) is 23.0 Å². The van der Waals surface area contributed by atoms with Gasteiger partial charge in [-0.3, -0.25) is 4.90 Å². The standard InChI is InChI=1S/C16H23F3N2/c1-15(2,3)21-9-5-8-13(20)14(21)11-6-4-7-12(10-11)16(17,18)19/h4,6-7,10,13-14H,5,8-9,20H2,1-3H3. The minimum absolute atomic E-state index is 0.128. The fraction of sp³-hybridized carbons (Fsp3) is 0.625. The molecule has 1 fully saturated rings. The van der Waals surface area contributed by atoms with Gasteiger partial charge in [-0.25, -0.2) is 0 Å². The summed E-state index contributed by atoms with van der Waals surface area (Å²) >= 11 is 0. The number of likely N-dealkylation sites (tertiary alicyclic amines) is 1. The summed E-state index contributed by atoms with van der Waals surface area (Å²) in [6.45, 7) is 7.08. The van der Waals surface area contributed by atoms with E-state index in [2.05, 4.69) is 25.7 Å². The molecular weight excluding hydrogens is 277 g/mol. The second-order valence-corrected chi connectivity index (χ2v) is 6.74. The molecule has 2 rings (SSSR count). The zero-order valence-electron chi connectivity index (χ0n) is 12.7. The Bertz CT molecular complexity index is 491. The maximum Gasteiger partial charge on any atom is 0.416 e. The van der Waals surface area contributed by atoms with Gasteiger partial charge in [0.2, 0.25) is 0 Å². The summed E-state index contributed by atoms with van der Waals surface area (Å²) in [5, 5.41) is 0. The molecule has 1 aliphatic rings. The smallest absolute Gasteiger partial charge is 0.326 e. The molecule has 2 N–H and O–H groups in total. The normalized spacial score (nSPS) is 25.1. The molecule has 1 aliphatic heterocycles. The predicted octanol–water partition coefficient (Wildman–Crippen LogP) is 3.97. The van der Waals surface area contributed by atoms with Gasteiger partial charge in [0.1, 0.15) is 0 Å². The first kappa shape index (κ1) is 16.3. The number of benzene rings is 1. The molecular formula is C16H23F3N2. The molecule has 2 atom stereocenters. The van der Waals surface area contributed by atoms with Gasteiger partial charge in [-0.2, -0.15) is 13.2 Å². The van der Waals surface area contributed by atoms with Crippen molar-refractivity contribution in [2.45, 2.75) is 57.4 Å². The molecule has 1 aromatic carbocycles. The molecule has 0 bridgehead atoms. The average molecular weight is 300 g/mol. The van der Waals surface area contributed by atoms with Crippen LogP contribution in [-0.2, 0) is 6.18 Å². The van der Waals surface area contributed by atoms with Crippen molar-refractivity contribution in [3.8, 4) is 0 Å². The molecule has 1 heterocycles. The largest absolute Gasteiger partial charge is 0.416 e. The Kier molecular flexibility index (Phi) is 4.36. The Morgan fingerprint density at radius 2 is 1.86 bits per heavy atom. The molecule has 0 spiro atoms. The highest BCUT2D eigenvalue weighted by Crippen LogP contribution is 2.37. The average Bonchev–Trinajstić information content (AvgIpc) is 2.36. The van der Waals surface area contributed by atoms with E-state index in [9.17, 15) is 13.2 Å². The van der Waals surface area contributed by atoms with Crippen molar-refractivity contribution in [1.82, 2.24) is 4.90 Å². The van der Waals surface area contributed by atoms with E-state index in [-0.39, 0.29) is 17.6 Å².